The SMILES string of the molecule is CC(C)COc1ccc(CNC(=O)N2CCN(Cc3ccco3)CC2)cc1. The summed E-state index contributed by atoms with van der Waals surface area (Å²) < 4.78 is 11.1. The molecule has 0 aliphatic carbocycles. The van der Waals surface area contributed by atoms with Crippen LogP contribution in [0, 0.1) is 5.92 Å². The van der Waals surface area contributed by atoms with Gasteiger partial charge in [0.05, 0.1) is 19.4 Å². The molecule has 6 heteroatoms. The van der Waals surface area contributed by atoms with Gasteiger partial charge in [-0.2, -0.15) is 0 Å². The Labute approximate surface area is 161 Å². The Kier molecular flexibility index (Phi) is 6.76. The molecule has 1 aromatic heterocycles. The van der Waals surface area contributed by atoms with Crippen LogP contribution in [-0.2, 0) is 13.1 Å². The van der Waals surface area contributed by atoms with E-state index in [4.69, 9.17) is 9.15 Å². The zero-order valence-electron chi connectivity index (χ0n) is 16.2. The summed E-state index contributed by atoms with van der Waals surface area (Å²) in [7, 11) is 0. The maximum absolute atomic E-state index is 12.4. The molecule has 146 valence electrons. The highest BCUT2D eigenvalue weighted by Crippen LogP contribution is 2.14. The molecule has 2 heterocycles. The van der Waals surface area contributed by atoms with Gasteiger partial charge in [-0.1, -0.05) is 26.0 Å². The molecule has 1 N–H and O–H groups in total. The summed E-state index contributed by atoms with van der Waals surface area (Å²) in [5.41, 5.74) is 1.07. The fourth-order valence-electron chi connectivity index (χ4n) is 2.99. The molecule has 1 aliphatic rings. The fraction of sp³-hybridized carbons (Fsp3) is 0.476. The number of piperazine rings is 1. The van der Waals surface area contributed by atoms with Gasteiger partial charge < -0.3 is 19.4 Å². The number of hydrogen-bond donors (Lipinski definition) is 1. The van der Waals surface area contributed by atoms with Gasteiger partial charge in [0.2, 0.25) is 0 Å². The quantitative estimate of drug-likeness (QED) is 0.811. The minimum Gasteiger partial charge on any atom is -0.493 e. The molecule has 0 spiro atoms. The summed E-state index contributed by atoms with van der Waals surface area (Å²) in [5, 5.41) is 3.01. The van der Waals surface area contributed by atoms with Crippen LogP contribution in [0.1, 0.15) is 25.2 Å². The lowest BCUT2D eigenvalue weighted by molar-refractivity contribution is 0.130. The molecular formula is C21H29N3O3. The second-order valence-corrected chi connectivity index (χ2v) is 7.35. The number of nitrogens with one attached hydrogen (secondary N) is 1. The second kappa shape index (κ2) is 9.46. The van der Waals surface area contributed by atoms with Gasteiger partial charge in [-0.25, -0.2) is 4.79 Å². The van der Waals surface area contributed by atoms with Crippen LogP contribution in [0.25, 0.3) is 0 Å². The van der Waals surface area contributed by atoms with E-state index in [1.54, 1.807) is 6.26 Å². The molecule has 0 unspecified atom stereocenters. The van der Waals surface area contributed by atoms with E-state index in [2.05, 4.69) is 24.1 Å². The number of nitrogens with zero attached hydrogens (tertiary/aromatic N) is 2. The molecule has 27 heavy (non-hydrogen) atoms. The molecule has 3 rings (SSSR count). The first kappa shape index (κ1) is 19.3. The first-order chi connectivity index (χ1) is 13.1. The van der Waals surface area contributed by atoms with E-state index < -0.39 is 0 Å². The number of ether oxygens (including phenoxy) is 1. The smallest absolute Gasteiger partial charge is 0.317 e. The molecule has 1 aliphatic heterocycles. The standard InChI is InChI=1S/C21H29N3O3/c1-17(2)16-27-19-7-5-18(6-8-19)14-22-21(25)24-11-9-23(10-12-24)15-20-4-3-13-26-20/h3-8,13,17H,9-12,14-16H2,1-2H3,(H,22,25). The monoisotopic (exact) mass is 371 g/mol. The average Bonchev–Trinajstić information content (AvgIpc) is 3.19. The third-order valence-corrected chi connectivity index (χ3v) is 4.57. The van der Waals surface area contributed by atoms with Crippen molar-refractivity contribution in [2.45, 2.75) is 26.9 Å². The summed E-state index contributed by atoms with van der Waals surface area (Å²) in [6.45, 7) is 9.46. The van der Waals surface area contributed by atoms with Crippen LogP contribution in [0.3, 0.4) is 0 Å². The van der Waals surface area contributed by atoms with Crippen molar-refractivity contribution in [2.75, 3.05) is 32.8 Å². The van der Waals surface area contributed by atoms with Gasteiger partial charge in [-0.15, -0.1) is 0 Å². The van der Waals surface area contributed by atoms with E-state index in [1.165, 1.54) is 0 Å². The van der Waals surface area contributed by atoms with Crippen molar-refractivity contribution in [1.29, 1.82) is 0 Å². The topological polar surface area (TPSA) is 58.0 Å². The minimum absolute atomic E-state index is 0.00668. The highest BCUT2D eigenvalue weighted by Gasteiger charge is 2.21. The van der Waals surface area contributed by atoms with Crippen LogP contribution in [-0.4, -0.2) is 48.6 Å². The molecule has 2 aromatic rings. The molecule has 2 amide bonds. The summed E-state index contributed by atoms with van der Waals surface area (Å²) >= 11 is 0. The predicted octanol–water partition coefficient (Wildman–Crippen LogP) is 3.34. The lowest BCUT2D eigenvalue weighted by Gasteiger charge is -2.34. The molecule has 0 bridgehead atoms. The maximum Gasteiger partial charge on any atom is 0.317 e. The first-order valence-corrected chi connectivity index (χ1v) is 9.59. The third kappa shape index (κ3) is 6.03. The predicted molar refractivity (Wildman–Crippen MR) is 105 cm³/mol. The molecule has 1 saturated heterocycles. The highest BCUT2D eigenvalue weighted by atomic mass is 16.5. The normalized spacial score (nSPS) is 15.1. The Hall–Kier alpha value is -2.47. The van der Waals surface area contributed by atoms with E-state index >= 15 is 0 Å². The number of amides is 2. The van der Waals surface area contributed by atoms with Gasteiger partial charge in [0.25, 0.3) is 0 Å². The Bertz CT molecular complexity index is 690. The number of carbonyl (C=O) groups is 1. The van der Waals surface area contributed by atoms with E-state index in [9.17, 15) is 4.79 Å². The maximum atomic E-state index is 12.4. The summed E-state index contributed by atoms with van der Waals surface area (Å²) in [6.07, 6.45) is 1.70. The van der Waals surface area contributed by atoms with Crippen LogP contribution in [0.5, 0.6) is 5.75 Å². The van der Waals surface area contributed by atoms with Crippen molar-refractivity contribution in [3.63, 3.8) is 0 Å². The minimum atomic E-state index is -0.00668. The van der Waals surface area contributed by atoms with E-state index in [0.717, 1.165) is 49.8 Å². The summed E-state index contributed by atoms with van der Waals surface area (Å²) in [4.78, 5) is 16.6. The van der Waals surface area contributed by atoms with E-state index in [0.29, 0.717) is 19.1 Å². The van der Waals surface area contributed by atoms with Gasteiger partial charge in [-0.05, 0) is 35.7 Å². The largest absolute Gasteiger partial charge is 0.493 e. The highest BCUT2D eigenvalue weighted by molar-refractivity contribution is 5.74. The summed E-state index contributed by atoms with van der Waals surface area (Å²) in [5.74, 6) is 2.34. The average molecular weight is 371 g/mol. The van der Waals surface area contributed by atoms with Crippen LogP contribution >= 0.6 is 0 Å². The first-order valence-electron chi connectivity index (χ1n) is 9.59. The van der Waals surface area contributed by atoms with Gasteiger partial charge in [-0.3, -0.25) is 4.90 Å². The Morgan fingerprint density at radius 1 is 1.15 bits per heavy atom. The van der Waals surface area contributed by atoms with Crippen molar-refractivity contribution < 1.29 is 13.9 Å². The van der Waals surface area contributed by atoms with Crippen molar-refractivity contribution in [1.82, 2.24) is 15.1 Å². The summed E-state index contributed by atoms with van der Waals surface area (Å²) in [6, 6.07) is 11.8. The van der Waals surface area contributed by atoms with Gasteiger partial charge >= 0.3 is 6.03 Å². The van der Waals surface area contributed by atoms with Crippen molar-refractivity contribution in [2.24, 2.45) is 5.92 Å². The van der Waals surface area contributed by atoms with Crippen LogP contribution in [0.4, 0.5) is 4.79 Å². The molecule has 1 fully saturated rings. The van der Waals surface area contributed by atoms with E-state index in [-0.39, 0.29) is 6.03 Å². The van der Waals surface area contributed by atoms with Crippen molar-refractivity contribution in [3.8, 4) is 5.75 Å². The fourth-order valence-corrected chi connectivity index (χ4v) is 2.99. The lowest BCUT2D eigenvalue weighted by atomic mass is 10.2. The zero-order chi connectivity index (χ0) is 19.1. The molecular weight excluding hydrogens is 342 g/mol. The van der Waals surface area contributed by atoms with Crippen molar-refractivity contribution in [3.05, 3.63) is 54.0 Å². The molecule has 0 atom stereocenters. The Morgan fingerprint density at radius 2 is 1.89 bits per heavy atom. The van der Waals surface area contributed by atoms with Gasteiger partial charge in [0.1, 0.15) is 11.5 Å². The van der Waals surface area contributed by atoms with Crippen molar-refractivity contribution >= 4 is 6.03 Å². The number of hydrogen-bond acceptors (Lipinski definition) is 4. The Balaban J connectivity index is 1.38. The molecule has 0 radical (unpaired) electrons. The number of rotatable bonds is 7. The number of furan rings is 1. The van der Waals surface area contributed by atoms with Crippen LogP contribution in [0.2, 0.25) is 0 Å². The number of carbonyl (C=O) groups excluding carboxylic acids is 1. The molecule has 1 aromatic carbocycles. The third-order valence-electron chi connectivity index (χ3n) is 4.57. The Morgan fingerprint density at radius 3 is 2.52 bits per heavy atom. The number of urea groups is 1. The lowest BCUT2D eigenvalue weighted by Crippen LogP contribution is -2.51. The van der Waals surface area contributed by atoms with E-state index in [1.807, 2.05) is 41.3 Å². The molecule has 6 nitrogen and oxygen atoms in total. The molecule has 0 saturated carbocycles. The van der Waals surface area contributed by atoms with Crippen LogP contribution in [0.15, 0.2) is 47.1 Å². The van der Waals surface area contributed by atoms with Crippen LogP contribution < -0.4 is 10.1 Å². The van der Waals surface area contributed by atoms with Gasteiger partial charge in [0.15, 0.2) is 0 Å². The number of benzene rings is 1. The zero-order valence-corrected chi connectivity index (χ0v) is 16.2. The van der Waals surface area contributed by atoms with Gasteiger partial charge in [0, 0.05) is 32.7 Å². The second-order valence-electron chi connectivity index (χ2n) is 7.35.